The average molecular weight is 1060 g/mol. The summed E-state index contributed by atoms with van der Waals surface area (Å²) in [7, 11) is 0. The van der Waals surface area contributed by atoms with E-state index >= 15 is 0 Å². The van der Waals surface area contributed by atoms with E-state index in [1.165, 1.54) is 257 Å². The molecule has 1 heterocycles. The van der Waals surface area contributed by atoms with Crippen LogP contribution in [0.3, 0.4) is 0 Å². The van der Waals surface area contributed by atoms with Gasteiger partial charge in [-0.15, -0.1) is 0 Å². The number of allylic oxidation sites excluding steroid dienone is 5. The molecule has 0 radical (unpaired) electrons. The molecule has 0 aromatic heterocycles. The second kappa shape index (κ2) is 55.7. The third-order valence-corrected chi connectivity index (χ3v) is 15.7. The molecule has 1 aliphatic rings. The fourth-order valence-electron chi connectivity index (χ4n) is 10.5. The van der Waals surface area contributed by atoms with Crippen LogP contribution in [0.25, 0.3) is 0 Å². The molecule has 9 heteroatoms. The van der Waals surface area contributed by atoms with E-state index in [0.29, 0.717) is 6.42 Å². The molecule has 7 unspecified atom stereocenters. The minimum atomic E-state index is -1.57. The number of nitrogens with one attached hydrogen (secondary N) is 1. The van der Waals surface area contributed by atoms with Crippen molar-refractivity contribution in [1.29, 1.82) is 0 Å². The number of carbonyl (C=O) groups excluding carboxylic acids is 1. The van der Waals surface area contributed by atoms with Crippen molar-refractivity contribution in [1.82, 2.24) is 5.32 Å². The molecule has 0 spiro atoms. The predicted molar refractivity (Wildman–Crippen MR) is 318 cm³/mol. The van der Waals surface area contributed by atoms with Gasteiger partial charge in [0.2, 0.25) is 5.91 Å². The molecule has 0 aromatic rings. The lowest BCUT2D eigenvalue weighted by atomic mass is 9.99. The largest absolute Gasteiger partial charge is 0.394 e. The third-order valence-electron chi connectivity index (χ3n) is 15.7. The van der Waals surface area contributed by atoms with Gasteiger partial charge >= 0.3 is 0 Å². The van der Waals surface area contributed by atoms with Crippen molar-refractivity contribution in [2.75, 3.05) is 13.2 Å². The molecule has 0 aliphatic carbocycles. The Balaban J connectivity index is 2.17. The molecule has 0 aromatic carbocycles. The second-order valence-corrected chi connectivity index (χ2v) is 22.9. The summed E-state index contributed by atoms with van der Waals surface area (Å²) in [4.78, 5) is 13.1. The Bertz CT molecular complexity index is 1270. The fourth-order valence-corrected chi connectivity index (χ4v) is 10.5. The number of unbranched alkanes of at least 4 members (excludes halogenated alkanes) is 43. The molecule has 442 valence electrons. The van der Waals surface area contributed by atoms with Crippen LogP contribution in [0, 0.1) is 0 Å². The first-order valence-corrected chi connectivity index (χ1v) is 32.7. The molecule has 7 atom stereocenters. The van der Waals surface area contributed by atoms with Crippen LogP contribution in [0.15, 0.2) is 36.5 Å². The lowest BCUT2D eigenvalue weighted by Crippen LogP contribution is -2.60. The number of rotatable bonds is 57. The molecular formula is C66H125NO8. The molecular weight excluding hydrogens is 935 g/mol. The highest BCUT2D eigenvalue weighted by molar-refractivity contribution is 5.76. The quantitative estimate of drug-likeness (QED) is 0.0261. The number of aliphatic hydroxyl groups is 5. The molecule has 9 nitrogen and oxygen atoms in total. The SMILES string of the molecule is CCCCCCC/C=C\C/C=C\CCCCCCCCCCCCCCCC(=O)NC(COC1OC(CO)C(O)C(O)C1O)C(O)/C=C/CCCCCCCCCCCCCCCCCCCCCCCCCCC. The Labute approximate surface area is 463 Å². The summed E-state index contributed by atoms with van der Waals surface area (Å²) in [5, 5.41) is 54.7. The number of hydrogen-bond donors (Lipinski definition) is 6. The zero-order valence-corrected chi connectivity index (χ0v) is 49.3. The van der Waals surface area contributed by atoms with Crippen molar-refractivity contribution in [3.05, 3.63) is 36.5 Å². The van der Waals surface area contributed by atoms with Crippen LogP contribution in [0.4, 0.5) is 0 Å². The zero-order valence-electron chi connectivity index (χ0n) is 49.3. The first-order valence-electron chi connectivity index (χ1n) is 32.7. The van der Waals surface area contributed by atoms with Crippen LogP contribution >= 0.6 is 0 Å². The topological polar surface area (TPSA) is 149 Å². The molecule has 1 aliphatic heterocycles. The molecule has 1 amide bonds. The molecule has 1 fully saturated rings. The van der Waals surface area contributed by atoms with Crippen molar-refractivity contribution in [3.63, 3.8) is 0 Å². The minimum absolute atomic E-state index is 0.173. The van der Waals surface area contributed by atoms with Crippen molar-refractivity contribution in [3.8, 4) is 0 Å². The highest BCUT2D eigenvalue weighted by Crippen LogP contribution is 2.23. The first-order chi connectivity index (χ1) is 36.8. The molecule has 1 rings (SSSR count). The lowest BCUT2D eigenvalue weighted by molar-refractivity contribution is -0.302. The van der Waals surface area contributed by atoms with Crippen LogP contribution in [0.2, 0.25) is 0 Å². The predicted octanol–water partition coefficient (Wildman–Crippen LogP) is 17.1. The molecule has 1 saturated heterocycles. The van der Waals surface area contributed by atoms with Crippen LogP contribution < -0.4 is 5.32 Å². The van der Waals surface area contributed by atoms with E-state index < -0.39 is 49.5 Å². The minimum Gasteiger partial charge on any atom is -0.394 e. The third kappa shape index (κ3) is 44.9. The van der Waals surface area contributed by atoms with Crippen LogP contribution in [-0.4, -0.2) is 87.5 Å². The van der Waals surface area contributed by atoms with Gasteiger partial charge in [0, 0.05) is 6.42 Å². The molecule has 75 heavy (non-hydrogen) atoms. The lowest BCUT2D eigenvalue weighted by Gasteiger charge is -2.40. The number of amides is 1. The fraction of sp³-hybridized carbons (Fsp3) is 0.894. The number of ether oxygens (including phenoxy) is 2. The maximum Gasteiger partial charge on any atom is 0.220 e. The average Bonchev–Trinajstić information content (AvgIpc) is 3.41. The Hall–Kier alpha value is -1.59. The van der Waals surface area contributed by atoms with Gasteiger partial charge in [0.15, 0.2) is 6.29 Å². The normalized spacial score (nSPS) is 19.1. The van der Waals surface area contributed by atoms with Gasteiger partial charge in [-0.1, -0.05) is 301 Å². The van der Waals surface area contributed by atoms with Gasteiger partial charge in [0.05, 0.1) is 25.4 Å². The highest BCUT2D eigenvalue weighted by Gasteiger charge is 2.44. The number of hydrogen-bond acceptors (Lipinski definition) is 8. The maximum absolute atomic E-state index is 13.1. The Morgan fingerprint density at radius 1 is 0.453 bits per heavy atom. The zero-order chi connectivity index (χ0) is 54.3. The molecule has 0 bridgehead atoms. The Morgan fingerprint density at radius 3 is 1.15 bits per heavy atom. The summed E-state index contributed by atoms with van der Waals surface area (Å²) in [6, 6.07) is -0.806. The summed E-state index contributed by atoms with van der Waals surface area (Å²) in [6.07, 6.45) is 66.6. The summed E-state index contributed by atoms with van der Waals surface area (Å²) in [6.45, 7) is 3.81. The monoisotopic (exact) mass is 1060 g/mol. The van der Waals surface area contributed by atoms with Crippen molar-refractivity contribution < 1.29 is 39.8 Å². The highest BCUT2D eigenvalue weighted by atomic mass is 16.7. The van der Waals surface area contributed by atoms with Crippen molar-refractivity contribution >= 4 is 5.91 Å². The number of aliphatic hydroxyl groups excluding tert-OH is 5. The van der Waals surface area contributed by atoms with Crippen molar-refractivity contribution in [2.45, 2.75) is 365 Å². The smallest absolute Gasteiger partial charge is 0.220 e. The van der Waals surface area contributed by atoms with Crippen LogP contribution in [-0.2, 0) is 14.3 Å². The standard InChI is InChI=1S/C66H125NO8/c1-3-5-7-9-11-13-15-17-19-21-23-25-27-29-30-32-33-35-37-39-41-43-45-47-49-51-53-55-60(69)59(58-74-66-65(73)64(72)63(71)61(57-68)75-66)67-62(70)56-54-52-50-48-46-44-42-40-38-36-34-31-28-26-24-22-20-18-16-14-12-10-8-6-4-2/h16,18,22,24,53,55,59-61,63-66,68-69,71-73H,3-15,17,19-21,23,25-52,54,56-58H2,1-2H3,(H,67,70)/b18-16-,24-22-,55-53+. The Morgan fingerprint density at radius 2 is 0.787 bits per heavy atom. The van der Waals surface area contributed by atoms with Gasteiger partial charge in [0.25, 0.3) is 0 Å². The van der Waals surface area contributed by atoms with Gasteiger partial charge in [-0.25, -0.2) is 0 Å². The summed E-state index contributed by atoms with van der Waals surface area (Å²) in [5.41, 5.74) is 0. The summed E-state index contributed by atoms with van der Waals surface area (Å²) < 4.78 is 11.3. The van der Waals surface area contributed by atoms with Crippen LogP contribution in [0.5, 0.6) is 0 Å². The second-order valence-electron chi connectivity index (χ2n) is 22.9. The van der Waals surface area contributed by atoms with Gasteiger partial charge < -0.3 is 40.3 Å². The van der Waals surface area contributed by atoms with Gasteiger partial charge in [-0.2, -0.15) is 0 Å². The van der Waals surface area contributed by atoms with E-state index in [0.717, 1.165) is 44.9 Å². The first kappa shape index (κ1) is 71.4. The van der Waals surface area contributed by atoms with E-state index in [1.807, 2.05) is 6.08 Å². The van der Waals surface area contributed by atoms with E-state index in [1.54, 1.807) is 6.08 Å². The van der Waals surface area contributed by atoms with E-state index in [9.17, 15) is 30.3 Å². The summed E-state index contributed by atoms with van der Waals surface area (Å²) in [5.74, 6) is -0.173. The summed E-state index contributed by atoms with van der Waals surface area (Å²) >= 11 is 0. The number of carbonyl (C=O) groups is 1. The van der Waals surface area contributed by atoms with Crippen LogP contribution in [0.1, 0.15) is 322 Å². The molecule has 6 N–H and O–H groups in total. The van der Waals surface area contributed by atoms with Gasteiger partial charge in [0.1, 0.15) is 24.4 Å². The van der Waals surface area contributed by atoms with Gasteiger partial charge in [-0.3, -0.25) is 4.79 Å². The molecule has 0 saturated carbocycles. The van der Waals surface area contributed by atoms with E-state index in [4.69, 9.17) is 9.47 Å². The van der Waals surface area contributed by atoms with Crippen molar-refractivity contribution in [2.24, 2.45) is 0 Å². The van der Waals surface area contributed by atoms with E-state index in [2.05, 4.69) is 43.5 Å². The van der Waals surface area contributed by atoms with Gasteiger partial charge in [-0.05, 0) is 51.4 Å². The van der Waals surface area contributed by atoms with E-state index in [-0.39, 0.29) is 12.5 Å². The maximum atomic E-state index is 13.1. The Kier molecular flexibility index (Phi) is 53.1.